The van der Waals surface area contributed by atoms with E-state index >= 15 is 0 Å². The fourth-order valence-electron chi connectivity index (χ4n) is 2.93. The molecule has 2 aromatic carbocycles. The van der Waals surface area contributed by atoms with Crippen LogP contribution in [0.25, 0.3) is 0 Å². The number of rotatable bonds is 4. The van der Waals surface area contributed by atoms with E-state index in [2.05, 4.69) is 40.2 Å². The number of benzene rings is 2. The Kier molecular flexibility index (Phi) is 4.71. The van der Waals surface area contributed by atoms with Crippen LogP contribution in [0.4, 0.5) is 4.39 Å². The van der Waals surface area contributed by atoms with Crippen LogP contribution in [-0.4, -0.2) is 5.33 Å². The zero-order valence-electron chi connectivity index (χ0n) is 11.8. The number of hydrogen-bond acceptors (Lipinski definition) is 1. The van der Waals surface area contributed by atoms with Crippen LogP contribution in [0.5, 0.6) is 0 Å². The summed E-state index contributed by atoms with van der Waals surface area (Å²) in [5.41, 5.74) is 3.70. The average molecular weight is 349 g/mol. The highest BCUT2D eigenvalue weighted by Gasteiger charge is 2.24. The third-order valence-electron chi connectivity index (χ3n) is 4.02. The van der Waals surface area contributed by atoms with Gasteiger partial charge in [0.25, 0.3) is 0 Å². The van der Waals surface area contributed by atoms with E-state index in [9.17, 15) is 4.39 Å². The zero-order chi connectivity index (χ0) is 14.7. The van der Waals surface area contributed by atoms with Gasteiger partial charge in [0.15, 0.2) is 0 Å². The van der Waals surface area contributed by atoms with Crippen LogP contribution in [0.15, 0.2) is 48.5 Å². The highest BCUT2D eigenvalue weighted by Crippen LogP contribution is 2.36. The molecule has 0 saturated heterocycles. The topological polar surface area (TPSA) is 9.23 Å². The van der Waals surface area contributed by atoms with Gasteiger partial charge in [-0.2, -0.15) is 0 Å². The SMILES string of the molecule is Fc1ccc(C(CBr)OC2CCCc3ccccc32)cc1. The van der Waals surface area contributed by atoms with Crippen LogP contribution in [0, 0.1) is 5.82 Å². The molecular weight excluding hydrogens is 331 g/mol. The Morgan fingerprint density at radius 2 is 1.90 bits per heavy atom. The van der Waals surface area contributed by atoms with Gasteiger partial charge >= 0.3 is 0 Å². The summed E-state index contributed by atoms with van der Waals surface area (Å²) in [6.07, 6.45) is 3.40. The van der Waals surface area contributed by atoms with Gasteiger partial charge in [-0.1, -0.05) is 52.3 Å². The fraction of sp³-hybridized carbons (Fsp3) is 0.333. The maximum absolute atomic E-state index is 13.1. The van der Waals surface area contributed by atoms with Crippen LogP contribution in [0.3, 0.4) is 0 Å². The summed E-state index contributed by atoms with van der Waals surface area (Å²) in [5.74, 6) is -0.213. The standard InChI is InChI=1S/C18H18BrFO/c19-12-18(14-8-10-15(20)11-9-14)21-17-7-3-5-13-4-1-2-6-16(13)17/h1-2,4,6,8-11,17-18H,3,5,7,12H2. The van der Waals surface area contributed by atoms with E-state index < -0.39 is 0 Å². The van der Waals surface area contributed by atoms with Gasteiger partial charge in [-0.05, 0) is 48.1 Å². The van der Waals surface area contributed by atoms with E-state index in [1.54, 1.807) is 12.1 Å². The molecule has 0 saturated carbocycles. The molecule has 0 bridgehead atoms. The quantitative estimate of drug-likeness (QED) is 0.676. The molecule has 0 spiro atoms. The van der Waals surface area contributed by atoms with Crippen LogP contribution < -0.4 is 0 Å². The fourth-order valence-corrected chi connectivity index (χ4v) is 3.46. The second-order valence-corrected chi connectivity index (χ2v) is 6.06. The molecule has 2 aromatic rings. The predicted molar refractivity (Wildman–Crippen MR) is 86.1 cm³/mol. The molecule has 0 amide bonds. The summed E-state index contributed by atoms with van der Waals surface area (Å²) < 4.78 is 19.4. The highest BCUT2D eigenvalue weighted by molar-refractivity contribution is 9.09. The molecule has 1 nitrogen and oxygen atoms in total. The van der Waals surface area contributed by atoms with Crippen molar-refractivity contribution in [2.75, 3.05) is 5.33 Å². The van der Waals surface area contributed by atoms with Crippen LogP contribution in [0.1, 0.15) is 41.7 Å². The first-order valence-electron chi connectivity index (χ1n) is 7.32. The lowest BCUT2D eigenvalue weighted by Gasteiger charge is -2.29. The number of ether oxygens (including phenoxy) is 1. The summed E-state index contributed by atoms with van der Waals surface area (Å²) in [6, 6.07) is 15.1. The van der Waals surface area contributed by atoms with Gasteiger partial charge in [-0.15, -0.1) is 0 Å². The summed E-state index contributed by atoms with van der Waals surface area (Å²) >= 11 is 3.52. The third-order valence-corrected chi connectivity index (χ3v) is 4.61. The van der Waals surface area contributed by atoms with Crippen molar-refractivity contribution in [3.8, 4) is 0 Å². The van der Waals surface area contributed by atoms with Crippen molar-refractivity contribution in [2.45, 2.75) is 31.5 Å². The van der Waals surface area contributed by atoms with Gasteiger partial charge in [0.1, 0.15) is 5.82 Å². The second-order valence-electron chi connectivity index (χ2n) is 5.41. The Labute approximate surface area is 133 Å². The van der Waals surface area contributed by atoms with Crippen molar-refractivity contribution < 1.29 is 9.13 Å². The molecule has 0 aromatic heterocycles. The number of aryl methyl sites for hydroxylation is 1. The van der Waals surface area contributed by atoms with Crippen LogP contribution in [-0.2, 0) is 11.2 Å². The Morgan fingerprint density at radius 1 is 1.14 bits per heavy atom. The van der Waals surface area contributed by atoms with E-state index in [1.165, 1.54) is 23.3 Å². The first-order valence-corrected chi connectivity index (χ1v) is 8.45. The largest absolute Gasteiger partial charge is 0.365 e. The van der Waals surface area contributed by atoms with Crippen LogP contribution in [0.2, 0.25) is 0 Å². The number of hydrogen-bond donors (Lipinski definition) is 0. The van der Waals surface area contributed by atoms with Crippen molar-refractivity contribution in [3.05, 3.63) is 71.0 Å². The van der Waals surface area contributed by atoms with Crippen molar-refractivity contribution in [2.24, 2.45) is 0 Å². The van der Waals surface area contributed by atoms with Crippen molar-refractivity contribution in [1.29, 1.82) is 0 Å². The molecule has 3 heteroatoms. The Bertz CT molecular complexity index is 596. The maximum Gasteiger partial charge on any atom is 0.123 e. The summed E-state index contributed by atoms with van der Waals surface area (Å²) in [6.45, 7) is 0. The monoisotopic (exact) mass is 348 g/mol. The second kappa shape index (κ2) is 6.71. The molecule has 3 rings (SSSR count). The molecule has 0 radical (unpaired) electrons. The smallest absolute Gasteiger partial charge is 0.123 e. The lowest BCUT2D eigenvalue weighted by Crippen LogP contribution is -2.16. The third kappa shape index (κ3) is 3.35. The minimum atomic E-state index is -0.213. The molecule has 0 fully saturated rings. The minimum absolute atomic E-state index is 0.0539. The van der Waals surface area contributed by atoms with Gasteiger partial charge in [-0.25, -0.2) is 4.39 Å². The number of fused-ring (bicyclic) bond motifs is 1. The lowest BCUT2D eigenvalue weighted by atomic mass is 9.89. The summed E-state index contributed by atoms with van der Waals surface area (Å²) in [7, 11) is 0. The Balaban J connectivity index is 1.80. The predicted octanol–water partition coefficient (Wildman–Crippen LogP) is 5.36. The molecule has 21 heavy (non-hydrogen) atoms. The molecule has 110 valence electrons. The maximum atomic E-state index is 13.1. The molecule has 1 aliphatic carbocycles. The normalized spacial score (nSPS) is 19.0. The highest BCUT2D eigenvalue weighted by atomic mass is 79.9. The van der Waals surface area contributed by atoms with E-state index in [4.69, 9.17) is 4.74 Å². The van der Waals surface area contributed by atoms with Gasteiger partial charge in [-0.3, -0.25) is 0 Å². The van der Waals surface area contributed by atoms with Gasteiger partial charge in [0, 0.05) is 5.33 Å². The molecular formula is C18H18BrFO. The number of alkyl halides is 1. The van der Waals surface area contributed by atoms with Gasteiger partial charge < -0.3 is 4.74 Å². The average Bonchev–Trinajstić information content (AvgIpc) is 2.54. The van der Waals surface area contributed by atoms with E-state index in [0.29, 0.717) is 5.33 Å². The molecule has 0 N–H and O–H groups in total. The summed E-state index contributed by atoms with van der Waals surface area (Å²) in [5, 5.41) is 0.706. The molecule has 0 heterocycles. The van der Waals surface area contributed by atoms with Crippen LogP contribution >= 0.6 is 15.9 Å². The first-order chi connectivity index (χ1) is 10.3. The first kappa shape index (κ1) is 14.7. The molecule has 2 unspecified atom stereocenters. The zero-order valence-corrected chi connectivity index (χ0v) is 13.4. The van der Waals surface area contributed by atoms with Crippen molar-refractivity contribution in [1.82, 2.24) is 0 Å². The molecule has 1 aliphatic rings. The lowest BCUT2D eigenvalue weighted by molar-refractivity contribution is -0.0110. The Morgan fingerprint density at radius 3 is 2.67 bits per heavy atom. The number of halogens is 2. The van der Waals surface area contributed by atoms with E-state index in [-0.39, 0.29) is 18.0 Å². The summed E-state index contributed by atoms with van der Waals surface area (Å²) in [4.78, 5) is 0. The van der Waals surface area contributed by atoms with Gasteiger partial charge in [0.05, 0.1) is 12.2 Å². The van der Waals surface area contributed by atoms with Gasteiger partial charge in [0.2, 0.25) is 0 Å². The van der Waals surface area contributed by atoms with E-state index in [1.807, 2.05) is 0 Å². The van der Waals surface area contributed by atoms with Crippen molar-refractivity contribution in [3.63, 3.8) is 0 Å². The Hall–Kier alpha value is -1.19. The minimum Gasteiger partial charge on any atom is -0.365 e. The van der Waals surface area contributed by atoms with Crippen molar-refractivity contribution >= 4 is 15.9 Å². The molecule has 2 atom stereocenters. The van der Waals surface area contributed by atoms with E-state index in [0.717, 1.165) is 24.8 Å². The molecule has 0 aliphatic heterocycles.